The van der Waals surface area contributed by atoms with Gasteiger partial charge in [0.25, 0.3) is 0 Å². The maximum Gasteiger partial charge on any atom is 0.305 e. The second kappa shape index (κ2) is 15.7. The van der Waals surface area contributed by atoms with E-state index in [-0.39, 0.29) is 18.0 Å². The highest BCUT2D eigenvalue weighted by Crippen LogP contribution is 2.53. The molecule has 0 amide bonds. The predicted molar refractivity (Wildman–Crippen MR) is 139 cm³/mol. The first kappa shape index (κ1) is 30.0. The molecule has 0 aromatic carbocycles. The molecular weight excluding hydrogens is 476 g/mol. The van der Waals surface area contributed by atoms with Gasteiger partial charge in [-0.25, -0.2) is 4.68 Å². The Hall–Kier alpha value is -1.59. The van der Waals surface area contributed by atoms with Crippen LogP contribution in [0.1, 0.15) is 63.8 Å². The fraction of sp³-hybridized carbons (Fsp3) is 0.889. The van der Waals surface area contributed by atoms with Crippen molar-refractivity contribution in [2.75, 3.05) is 59.4 Å². The van der Waals surface area contributed by atoms with Crippen LogP contribution < -0.4 is 5.73 Å². The zero-order valence-electron chi connectivity index (χ0n) is 22.9. The molecule has 4 atom stereocenters. The van der Waals surface area contributed by atoms with E-state index in [1.165, 1.54) is 5.69 Å². The van der Waals surface area contributed by atoms with Crippen LogP contribution in [0.3, 0.4) is 0 Å². The van der Waals surface area contributed by atoms with Crippen LogP contribution in [0.5, 0.6) is 0 Å². The van der Waals surface area contributed by atoms with E-state index in [1.54, 1.807) is 0 Å². The summed E-state index contributed by atoms with van der Waals surface area (Å²) in [6.07, 6.45) is 6.89. The highest BCUT2D eigenvalue weighted by atomic mass is 16.5. The summed E-state index contributed by atoms with van der Waals surface area (Å²) in [5, 5.41) is 18.4. The molecule has 10 heteroatoms. The quantitative estimate of drug-likeness (QED) is 0.195. The van der Waals surface area contributed by atoms with Gasteiger partial charge in [0.15, 0.2) is 0 Å². The van der Waals surface area contributed by atoms with E-state index in [0.717, 1.165) is 50.8 Å². The maximum atomic E-state index is 12.2. The molecule has 1 aromatic heterocycles. The molecule has 212 valence electrons. The minimum absolute atomic E-state index is 0.141. The molecule has 0 radical (unpaired) electrons. The lowest BCUT2D eigenvalue weighted by atomic mass is 9.90. The molecule has 0 aliphatic heterocycles. The summed E-state index contributed by atoms with van der Waals surface area (Å²) >= 11 is 0. The second-order valence-corrected chi connectivity index (χ2v) is 10.8. The predicted octanol–water partition coefficient (Wildman–Crippen LogP) is 2.15. The number of nitrogens with zero attached hydrogens (tertiary/aromatic N) is 3. The number of aliphatic hydroxyl groups excluding tert-OH is 1. The maximum absolute atomic E-state index is 12.2. The van der Waals surface area contributed by atoms with Crippen molar-refractivity contribution in [3.05, 3.63) is 11.4 Å². The van der Waals surface area contributed by atoms with Crippen molar-refractivity contribution in [2.24, 2.45) is 28.9 Å². The van der Waals surface area contributed by atoms with Gasteiger partial charge < -0.3 is 29.8 Å². The second-order valence-electron chi connectivity index (χ2n) is 10.8. The van der Waals surface area contributed by atoms with Crippen LogP contribution in [0, 0.1) is 23.2 Å². The first-order valence-electron chi connectivity index (χ1n) is 14.1. The van der Waals surface area contributed by atoms with Crippen molar-refractivity contribution in [3.8, 4) is 0 Å². The van der Waals surface area contributed by atoms with Crippen molar-refractivity contribution < 1.29 is 28.8 Å². The number of esters is 1. The van der Waals surface area contributed by atoms with Crippen LogP contribution in [0.4, 0.5) is 0 Å². The first-order chi connectivity index (χ1) is 18.0. The number of rotatable bonds is 20. The van der Waals surface area contributed by atoms with Crippen LogP contribution in [0.25, 0.3) is 0 Å². The summed E-state index contributed by atoms with van der Waals surface area (Å²) in [5.74, 6) is 1.47. The topological polar surface area (TPSA) is 131 Å². The highest BCUT2D eigenvalue weighted by molar-refractivity contribution is 5.69. The lowest BCUT2D eigenvalue weighted by Gasteiger charge is -2.25. The van der Waals surface area contributed by atoms with Crippen LogP contribution >= 0.6 is 0 Å². The Kier molecular flexibility index (Phi) is 12.7. The zero-order chi connectivity index (χ0) is 26.5. The van der Waals surface area contributed by atoms with Crippen molar-refractivity contribution in [1.82, 2.24) is 15.0 Å². The van der Waals surface area contributed by atoms with Crippen LogP contribution in [-0.2, 0) is 43.1 Å². The minimum atomic E-state index is -0.149. The Labute approximate surface area is 221 Å². The highest BCUT2D eigenvalue weighted by Gasteiger charge is 2.51. The molecule has 1 fully saturated rings. The number of nitrogens with two attached hydrogens (primary N) is 1. The standard InChI is InChI=1S/C27H48N4O6/c1-3-27(2,19-32)20-36-12-5-4-11-31-25-17-22-21(8-9-24(25)29-30-31)23(22)18-37-26(33)7-6-13-34-15-16-35-14-10-28/h21-23,32H,3-20,28H2,1-2H3/t21-,22+,23-,27?/m0/s1. The van der Waals surface area contributed by atoms with E-state index < -0.39 is 0 Å². The normalized spacial score (nSPS) is 22.1. The zero-order valence-corrected chi connectivity index (χ0v) is 22.9. The molecule has 37 heavy (non-hydrogen) atoms. The first-order valence-corrected chi connectivity index (χ1v) is 14.1. The fourth-order valence-electron chi connectivity index (χ4n) is 5.02. The molecule has 1 saturated carbocycles. The molecule has 2 aliphatic rings. The summed E-state index contributed by atoms with van der Waals surface area (Å²) < 4.78 is 24.2. The Morgan fingerprint density at radius 3 is 2.65 bits per heavy atom. The SMILES string of the molecule is CCC(C)(CO)COCCCCn1nnc2c1C[C@@H]1[C@H](CC2)[C@@H]1COC(=O)CCCOCCOCCN. The van der Waals surface area contributed by atoms with Crippen LogP contribution in [0.15, 0.2) is 0 Å². The summed E-state index contributed by atoms with van der Waals surface area (Å²) in [5.41, 5.74) is 7.60. The molecule has 0 saturated heterocycles. The number of carbonyl (C=O) groups excluding carboxylic acids is 1. The summed E-state index contributed by atoms with van der Waals surface area (Å²) in [4.78, 5) is 12.2. The van der Waals surface area contributed by atoms with Crippen molar-refractivity contribution >= 4 is 5.97 Å². The lowest BCUT2D eigenvalue weighted by molar-refractivity contribution is -0.144. The van der Waals surface area contributed by atoms with Crippen molar-refractivity contribution in [3.63, 3.8) is 0 Å². The number of hydrogen-bond acceptors (Lipinski definition) is 9. The lowest BCUT2D eigenvalue weighted by Crippen LogP contribution is -2.27. The van der Waals surface area contributed by atoms with Gasteiger partial charge in [-0.1, -0.05) is 19.1 Å². The average molecular weight is 525 g/mol. The van der Waals surface area contributed by atoms with Gasteiger partial charge in [-0.2, -0.15) is 0 Å². The summed E-state index contributed by atoms with van der Waals surface area (Å²) in [6.45, 7) is 9.55. The van der Waals surface area contributed by atoms with Gasteiger partial charge in [0.2, 0.25) is 0 Å². The van der Waals surface area contributed by atoms with E-state index in [0.29, 0.717) is 83.4 Å². The fourth-order valence-corrected chi connectivity index (χ4v) is 5.02. The third-order valence-corrected chi connectivity index (χ3v) is 7.91. The van der Waals surface area contributed by atoms with Gasteiger partial charge >= 0.3 is 5.97 Å². The largest absolute Gasteiger partial charge is 0.465 e. The Morgan fingerprint density at radius 1 is 1.11 bits per heavy atom. The molecule has 0 spiro atoms. The summed E-state index contributed by atoms with van der Waals surface area (Å²) in [6, 6.07) is 0. The van der Waals surface area contributed by atoms with Gasteiger partial charge in [-0.05, 0) is 62.7 Å². The molecule has 1 unspecified atom stereocenters. The molecule has 1 heterocycles. The molecule has 2 aliphatic carbocycles. The van der Waals surface area contributed by atoms with E-state index in [9.17, 15) is 9.90 Å². The van der Waals surface area contributed by atoms with Crippen LogP contribution in [0.2, 0.25) is 0 Å². The minimum Gasteiger partial charge on any atom is -0.465 e. The average Bonchev–Trinajstić information content (AvgIpc) is 3.49. The van der Waals surface area contributed by atoms with E-state index in [1.807, 2.05) is 0 Å². The number of aromatic nitrogens is 3. The van der Waals surface area contributed by atoms with E-state index >= 15 is 0 Å². The Morgan fingerprint density at radius 2 is 1.89 bits per heavy atom. The third kappa shape index (κ3) is 9.58. The monoisotopic (exact) mass is 524 g/mol. The van der Waals surface area contributed by atoms with Crippen molar-refractivity contribution in [2.45, 2.75) is 71.8 Å². The van der Waals surface area contributed by atoms with Crippen molar-refractivity contribution in [1.29, 1.82) is 0 Å². The molecule has 0 bridgehead atoms. The van der Waals surface area contributed by atoms with E-state index in [4.69, 9.17) is 24.7 Å². The number of fused-ring (bicyclic) bond motifs is 2. The molecule has 10 nitrogen and oxygen atoms in total. The number of aryl methyl sites for hydroxylation is 2. The smallest absolute Gasteiger partial charge is 0.305 e. The number of ether oxygens (including phenoxy) is 4. The Bertz CT molecular complexity index is 800. The number of aliphatic hydroxyl groups is 1. The van der Waals surface area contributed by atoms with Crippen LogP contribution in [-0.4, -0.2) is 85.5 Å². The molecule has 3 rings (SSSR count). The summed E-state index contributed by atoms with van der Waals surface area (Å²) in [7, 11) is 0. The van der Waals surface area contributed by atoms with Gasteiger partial charge in [-0.15, -0.1) is 5.10 Å². The van der Waals surface area contributed by atoms with E-state index in [2.05, 4.69) is 28.8 Å². The van der Waals surface area contributed by atoms with Gasteiger partial charge in [-0.3, -0.25) is 4.79 Å². The number of unbranched alkanes of at least 4 members (excludes halogenated alkanes) is 1. The van der Waals surface area contributed by atoms with Gasteiger partial charge in [0, 0.05) is 38.1 Å². The number of carbonyl (C=O) groups is 1. The Balaban J connectivity index is 1.29. The van der Waals surface area contributed by atoms with Gasteiger partial charge in [0.1, 0.15) is 0 Å². The molecule has 3 N–H and O–H groups in total. The van der Waals surface area contributed by atoms with Gasteiger partial charge in [0.05, 0.1) is 51.0 Å². The third-order valence-electron chi connectivity index (χ3n) is 7.91. The number of hydrogen-bond donors (Lipinski definition) is 2. The molecule has 1 aromatic rings. The molecular formula is C27H48N4O6.